The first kappa shape index (κ1) is 26.7. The van der Waals surface area contributed by atoms with Crippen LogP contribution in [0.15, 0.2) is 0 Å². The number of nitrogens with two attached hydrogens (primary N) is 2. The van der Waals surface area contributed by atoms with Gasteiger partial charge in [0.1, 0.15) is 18.1 Å². The smallest absolute Gasteiger partial charge is 0.326 e. The van der Waals surface area contributed by atoms with Gasteiger partial charge in [-0.3, -0.25) is 19.2 Å². The highest BCUT2D eigenvalue weighted by atomic mass is 32.1. The van der Waals surface area contributed by atoms with E-state index in [2.05, 4.69) is 28.6 Å². The van der Waals surface area contributed by atoms with Gasteiger partial charge in [-0.25, -0.2) is 4.79 Å². The second kappa shape index (κ2) is 13.0. The number of carboxylic acid groups (broad SMARTS) is 1. The fraction of sp³-hybridized carbons (Fsp3) is 0.706. The number of hydrogen-bond donors (Lipinski definition) is 7. The predicted molar refractivity (Wildman–Crippen MR) is 109 cm³/mol. The molecule has 166 valence electrons. The summed E-state index contributed by atoms with van der Waals surface area (Å²) in [4.78, 5) is 59.1. The van der Waals surface area contributed by atoms with Crippen molar-refractivity contribution in [2.75, 3.05) is 5.75 Å². The Morgan fingerprint density at radius 2 is 1.52 bits per heavy atom. The van der Waals surface area contributed by atoms with Gasteiger partial charge in [-0.15, -0.1) is 0 Å². The number of amides is 4. The maximum Gasteiger partial charge on any atom is 0.326 e. The van der Waals surface area contributed by atoms with Crippen LogP contribution in [0.25, 0.3) is 0 Å². The third kappa shape index (κ3) is 9.61. The molecule has 0 spiro atoms. The first-order valence-corrected chi connectivity index (χ1v) is 9.86. The van der Waals surface area contributed by atoms with Gasteiger partial charge in [-0.05, 0) is 19.3 Å². The van der Waals surface area contributed by atoms with Crippen LogP contribution in [0.1, 0.15) is 40.0 Å². The highest BCUT2D eigenvalue weighted by Gasteiger charge is 2.31. The summed E-state index contributed by atoms with van der Waals surface area (Å²) in [5.41, 5.74) is 10.5. The molecule has 5 atom stereocenters. The van der Waals surface area contributed by atoms with Gasteiger partial charge >= 0.3 is 5.97 Å². The van der Waals surface area contributed by atoms with Crippen molar-refractivity contribution in [3.8, 4) is 0 Å². The van der Waals surface area contributed by atoms with Gasteiger partial charge in [-0.2, -0.15) is 12.6 Å². The zero-order valence-electron chi connectivity index (χ0n) is 16.8. The lowest BCUT2D eigenvalue weighted by Gasteiger charge is -2.27. The van der Waals surface area contributed by atoms with Crippen molar-refractivity contribution >= 4 is 42.2 Å². The SMILES string of the molecule is CCC(C)C(NC(=O)C(C)N)C(=O)NC(CS)C(=O)NC(CCC(N)=O)C(=O)O. The van der Waals surface area contributed by atoms with E-state index in [4.69, 9.17) is 11.5 Å². The van der Waals surface area contributed by atoms with E-state index in [-0.39, 0.29) is 24.5 Å². The second-order valence-electron chi connectivity index (χ2n) is 6.81. The number of rotatable bonds is 13. The lowest BCUT2D eigenvalue weighted by atomic mass is 9.97. The number of nitrogens with one attached hydrogen (secondary N) is 3. The number of aliphatic carboxylic acids is 1. The van der Waals surface area contributed by atoms with E-state index >= 15 is 0 Å². The maximum absolute atomic E-state index is 12.7. The quantitative estimate of drug-likeness (QED) is 0.165. The Kier molecular flexibility index (Phi) is 11.9. The van der Waals surface area contributed by atoms with Gasteiger partial charge in [0.2, 0.25) is 23.6 Å². The van der Waals surface area contributed by atoms with E-state index in [0.717, 1.165) is 0 Å². The molecular weight excluding hydrogens is 402 g/mol. The van der Waals surface area contributed by atoms with Crippen molar-refractivity contribution in [2.24, 2.45) is 17.4 Å². The molecule has 0 aliphatic heterocycles. The van der Waals surface area contributed by atoms with Crippen LogP contribution < -0.4 is 27.4 Å². The summed E-state index contributed by atoms with van der Waals surface area (Å²) in [5, 5.41) is 16.5. The average Bonchev–Trinajstić information content (AvgIpc) is 2.65. The van der Waals surface area contributed by atoms with E-state index < -0.39 is 53.8 Å². The van der Waals surface area contributed by atoms with Crippen LogP contribution in [0.4, 0.5) is 0 Å². The molecule has 0 aromatic heterocycles. The average molecular weight is 434 g/mol. The van der Waals surface area contributed by atoms with Gasteiger partial charge in [0.05, 0.1) is 6.04 Å². The molecule has 0 aromatic rings. The molecule has 4 amide bonds. The van der Waals surface area contributed by atoms with Gasteiger partial charge in [0.15, 0.2) is 0 Å². The van der Waals surface area contributed by atoms with Crippen molar-refractivity contribution < 1.29 is 29.1 Å². The molecule has 5 unspecified atom stereocenters. The van der Waals surface area contributed by atoms with Gasteiger partial charge in [0.25, 0.3) is 0 Å². The lowest BCUT2D eigenvalue weighted by Crippen LogP contribution is -2.58. The molecule has 0 rings (SSSR count). The van der Waals surface area contributed by atoms with Crippen molar-refractivity contribution in [1.82, 2.24) is 16.0 Å². The van der Waals surface area contributed by atoms with Crippen LogP contribution >= 0.6 is 12.6 Å². The standard InChI is InChI=1S/C17H31N5O6S/c1-4-8(2)13(22-14(24)9(3)18)16(26)21-11(7-29)15(25)20-10(17(27)28)5-6-12(19)23/h8-11,13,29H,4-7,18H2,1-3H3,(H2,19,23)(H,20,25)(H,21,26)(H,22,24)(H,27,28). The second-order valence-corrected chi connectivity index (χ2v) is 7.17. The summed E-state index contributed by atoms with van der Waals surface area (Å²) in [6.45, 7) is 5.07. The number of hydrogen-bond acceptors (Lipinski definition) is 7. The molecular formula is C17H31N5O6S. The minimum atomic E-state index is -1.35. The monoisotopic (exact) mass is 433 g/mol. The largest absolute Gasteiger partial charge is 0.480 e. The molecule has 8 N–H and O–H groups in total. The number of carbonyl (C=O) groups excluding carboxylic acids is 4. The minimum Gasteiger partial charge on any atom is -0.480 e. The van der Waals surface area contributed by atoms with Crippen molar-refractivity contribution in [3.63, 3.8) is 0 Å². The highest BCUT2D eigenvalue weighted by Crippen LogP contribution is 2.09. The summed E-state index contributed by atoms with van der Waals surface area (Å²) in [6.07, 6.45) is 0.154. The molecule has 0 radical (unpaired) electrons. The summed E-state index contributed by atoms with van der Waals surface area (Å²) < 4.78 is 0. The number of primary amides is 1. The summed E-state index contributed by atoms with van der Waals surface area (Å²) in [7, 11) is 0. The molecule has 0 aromatic carbocycles. The normalized spacial score (nSPS) is 15.9. The fourth-order valence-corrected chi connectivity index (χ4v) is 2.52. The zero-order valence-corrected chi connectivity index (χ0v) is 17.7. The molecule has 0 heterocycles. The van der Waals surface area contributed by atoms with Crippen molar-refractivity contribution in [3.05, 3.63) is 0 Å². The van der Waals surface area contributed by atoms with Gasteiger partial charge < -0.3 is 32.5 Å². The van der Waals surface area contributed by atoms with Gasteiger partial charge in [0, 0.05) is 12.2 Å². The van der Waals surface area contributed by atoms with Crippen molar-refractivity contribution in [1.29, 1.82) is 0 Å². The topological polar surface area (TPSA) is 194 Å². The molecule has 0 fully saturated rings. The fourth-order valence-electron chi connectivity index (χ4n) is 2.26. The van der Waals surface area contributed by atoms with Crippen LogP contribution in [0.5, 0.6) is 0 Å². The van der Waals surface area contributed by atoms with Gasteiger partial charge in [-0.1, -0.05) is 20.3 Å². The van der Waals surface area contributed by atoms with Crippen LogP contribution in [0.3, 0.4) is 0 Å². The van der Waals surface area contributed by atoms with Crippen molar-refractivity contribution in [2.45, 2.75) is 64.2 Å². The summed E-state index contributed by atoms with van der Waals surface area (Å²) in [5.74, 6) is -4.33. The number of carboxylic acids is 1. The Labute approximate surface area is 175 Å². The number of carbonyl (C=O) groups is 5. The van der Waals surface area contributed by atoms with Crippen LogP contribution in [-0.2, 0) is 24.0 Å². The Balaban J connectivity index is 5.19. The van der Waals surface area contributed by atoms with E-state index in [1.165, 1.54) is 6.92 Å². The number of thiol groups is 1. The third-order valence-electron chi connectivity index (χ3n) is 4.32. The molecule has 12 heteroatoms. The molecule has 0 aliphatic carbocycles. The van der Waals surface area contributed by atoms with Crippen LogP contribution in [0.2, 0.25) is 0 Å². The van der Waals surface area contributed by atoms with E-state index in [0.29, 0.717) is 6.42 Å². The Morgan fingerprint density at radius 1 is 0.966 bits per heavy atom. The van der Waals surface area contributed by atoms with Crippen LogP contribution in [0, 0.1) is 5.92 Å². The zero-order chi connectivity index (χ0) is 22.7. The Morgan fingerprint density at radius 3 is 1.93 bits per heavy atom. The maximum atomic E-state index is 12.7. The predicted octanol–water partition coefficient (Wildman–Crippen LogP) is -1.89. The molecule has 0 aliphatic rings. The molecule has 0 saturated heterocycles. The molecule has 29 heavy (non-hydrogen) atoms. The van der Waals surface area contributed by atoms with E-state index in [9.17, 15) is 29.1 Å². The van der Waals surface area contributed by atoms with Crippen LogP contribution in [-0.4, -0.2) is 64.6 Å². The summed E-state index contributed by atoms with van der Waals surface area (Å²) in [6, 6.07) is -4.25. The molecule has 0 saturated carbocycles. The van der Waals surface area contributed by atoms with E-state index in [1.54, 1.807) is 6.92 Å². The van der Waals surface area contributed by atoms with E-state index in [1.807, 2.05) is 6.92 Å². The minimum absolute atomic E-state index is 0.117. The molecule has 11 nitrogen and oxygen atoms in total. The first-order chi connectivity index (χ1) is 13.4. The third-order valence-corrected chi connectivity index (χ3v) is 4.68. The molecule has 0 bridgehead atoms. The highest BCUT2D eigenvalue weighted by molar-refractivity contribution is 7.80. The first-order valence-electron chi connectivity index (χ1n) is 9.23. The Bertz CT molecular complexity index is 615. The Hall–Kier alpha value is -2.34. The summed E-state index contributed by atoms with van der Waals surface area (Å²) >= 11 is 4.03. The lowest BCUT2D eigenvalue weighted by molar-refractivity contribution is -0.142.